The number of hydrogen-bond donors (Lipinski definition) is 0. The van der Waals surface area contributed by atoms with Crippen LogP contribution in [0.2, 0.25) is 10.0 Å². The Morgan fingerprint density at radius 2 is 1.86 bits per heavy atom. The summed E-state index contributed by atoms with van der Waals surface area (Å²) in [4.78, 5) is 15.5. The summed E-state index contributed by atoms with van der Waals surface area (Å²) in [6.45, 7) is 3.44. The minimum absolute atomic E-state index is 0.132. The van der Waals surface area contributed by atoms with E-state index in [4.69, 9.17) is 41.8 Å². The van der Waals surface area contributed by atoms with Gasteiger partial charge in [0.25, 0.3) is 0 Å². The second kappa shape index (κ2) is 9.82. The second-order valence-corrected chi connectivity index (χ2v) is 9.14. The van der Waals surface area contributed by atoms with Crippen LogP contribution in [0.15, 0.2) is 63.8 Å². The fourth-order valence-electron chi connectivity index (χ4n) is 4.18. The molecule has 4 aromatic rings. The molecule has 0 fully saturated rings. The van der Waals surface area contributed by atoms with Crippen LogP contribution in [0.25, 0.3) is 11.0 Å². The summed E-state index contributed by atoms with van der Waals surface area (Å²) in [5.41, 5.74) is 2.11. The normalized spacial score (nSPS) is 13.4. The number of rotatable bonds is 6. The van der Waals surface area contributed by atoms with Gasteiger partial charge in [0.1, 0.15) is 23.8 Å². The summed E-state index contributed by atoms with van der Waals surface area (Å²) < 4.78 is 23.4. The average Bonchev–Trinajstić information content (AvgIpc) is 2.86. The molecule has 2 heterocycles. The van der Waals surface area contributed by atoms with Crippen molar-refractivity contribution in [1.29, 1.82) is 0 Å². The maximum Gasteiger partial charge on any atom is 0.235 e. The van der Waals surface area contributed by atoms with E-state index in [1.807, 2.05) is 30.3 Å². The monoisotopic (exact) mass is 511 g/mol. The number of halogens is 2. The molecule has 0 aliphatic carbocycles. The third-order valence-electron chi connectivity index (χ3n) is 6.02. The molecule has 0 atom stereocenters. The number of aryl methyl sites for hydroxylation is 1. The Balaban J connectivity index is 1.44. The molecule has 3 aromatic carbocycles. The molecule has 1 aliphatic rings. The van der Waals surface area contributed by atoms with E-state index in [-0.39, 0.29) is 11.2 Å². The highest BCUT2D eigenvalue weighted by molar-refractivity contribution is 6.35. The summed E-state index contributed by atoms with van der Waals surface area (Å²) >= 11 is 12.3. The topological polar surface area (TPSA) is 61.1 Å². The van der Waals surface area contributed by atoms with Gasteiger partial charge in [0.15, 0.2) is 11.5 Å². The van der Waals surface area contributed by atoms with Gasteiger partial charge in [0.05, 0.1) is 18.1 Å². The minimum atomic E-state index is -0.248. The van der Waals surface area contributed by atoms with Crippen molar-refractivity contribution in [3.63, 3.8) is 0 Å². The molecule has 0 radical (unpaired) electrons. The Morgan fingerprint density at radius 3 is 2.63 bits per heavy atom. The number of fused-ring (bicyclic) bond motifs is 3. The lowest BCUT2D eigenvalue weighted by Gasteiger charge is -2.29. The van der Waals surface area contributed by atoms with Gasteiger partial charge in [-0.1, -0.05) is 41.4 Å². The van der Waals surface area contributed by atoms with Crippen molar-refractivity contribution in [1.82, 2.24) is 4.90 Å². The molecule has 1 aromatic heterocycles. The Hall–Kier alpha value is -3.19. The highest BCUT2D eigenvalue weighted by Crippen LogP contribution is 2.36. The van der Waals surface area contributed by atoms with Gasteiger partial charge in [-0.3, -0.25) is 9.69 Å². The molecule has 0 bridgehead atoms. The van der Waals surface area contributed by atoms with Crippen LogP contribution in [-0.4, -0.2) is 25.3 Å². The molecule has 5 rings (SSSR count). The first-order valence-electron chi connectivity index (χ1n) is 11.1. The van der Waals surface area contributed by atoms with Crippen LogP contribution in [-0.2, 0) is 13.0 Å². The van der Waals surface area contributed by atoms with Crippen LogP contribution < -0.4 is 19.6 Å². The Labute approximate surface area is 212 Å². The van der Waals surface area contributed by atoms with Crippen molar-refractivity contribution in [3.8, 4) is 23.0 Å². The highest BCUT2D eigenvalue weighted by atomic mass is 35.5. The summed E-state index contributed by atoms with van der Waals surface area (Å²) in [7, 11) is 1.55. The largest absolute Gasteiger partial charge is 0.493 e. The number of nitrogens with zero attached hydrogens (tertiary/aromatic N) is 1. The third kappa shape index (κ3) is 4.69. The molecule has 6 nitrogen and oxygen atoms in total. The first kappa shape index (κ1) is 23.5. The summed E-state index contributed by atoms with van der Waals surface area (Å²) in [6, 6.07) is 16.2. The van der Waals surface area contributed by atoms with E-state index in [9.17, 15) is 4.79 Å². The molecule has 0 saturated carbocycles. The van der Waals surface area contributed by atoms with Crippen molar-refractivity contribution in [3.05, 3.63) is 91.8 Å². The first-order chi connectivity index (χ1) is 16.9. The smallest absolute Gasteiger partial charge is 0.235 e. The van der Waals surface area contributed by atoms with E-state index < -0.39 is 0 Å². The Morgan fingerprint density at radius 1 is 1.06 bits per heavy atom. The SMILES string of the molecule is COc1ccccc1Oc1c(C)oc2c3c(ccc2c1=O)OCN(CCc1ccc(Cl)cc1Cl)C3. The van der Waals surface area contributed by atoms with E-state index in [1.165, 1.54) is 0 Å². The van der Waals surface area contributed by atoms with Gasteiger partial charge in [-0.25, -0.2) is 0 Å². The van der Waals surface area contributed by atoms with Gasteiger partial charge in [0, 0.05) is 23.1 Å². The van der Waals surface area contributed by atoms with Crippen LogP contribution in [0.5, 0.6) is 23.0 Å². The zero-order chi connectivity index (χ0) is 24.5. The van der Waals surface area contributed by atoms with Crippen molar-refractivity contribution in [2.45, 2.75) is 19.9 Å². The van der Waals surface area contributed by atoms with Crippen LogP contribution in [0.3, 0.4) is 0 Å². The second-order valence-electron chi connectivity index (χ2n) is 8.30. The van der Waals surface area contributed by atoms with E-state index in [2.05, 4.69) is 4.90 Å². The summed E-state index contributed by atoms with van der Waals surface area (Å²) in [5.74, 6) is 2.19. The van der Waals surface area contributed by atoms with Crippen molar-refractivity contribution in [2.24, 2.45) is 0 Å². The lowest BCUT2D eigenvalue weighted by Crippen LogP contribution is -2.33. The maximum absolute atomic E-state index is 13.4. The summed E-state index contributed by atoms with van der Waals surface area (Å²) in [6.07, 6.45) is 0.735. The molecular weight excluding hydrogens is 489 g/mol. The molecule has 180 valence electrons. The van der Waals surface area contributed by atoms with Crippen molar-refractivity contribution in [2.75, 3.05) is 20.4 Å². The van der Waals surface area contributed by atoms with Crippen LogP contribution >= 0.6 is 23.2 Å². The third-order valence-corrected chi connectivity index (χ3v) is 6.61. The highest BCUT2D eigenvalue weighted by Gasteiger charge is 2.24. The van der Waals surface area contributed by atoms with Gasteiger partial charge in [-0.2, -0.15) is 0 Å². The predicted octanol–water partition coefficient (Wildman–Crippen LogP) is 6.60. The van der Waals surface area contributed by atoms with E-state index >= 15 is 0 Å². The van der Waals surface area contributed by atoms with Gasteiger partial charge in [-0.15, -0.1) is 0 Å². The van der Waals surface area contributed by atoms with E-state index in [0.717, 1.165) is 24.1 Å². The minimum Gasteiger partial charge on any atom is -0.493 e. The zero-order valence-corrected chi connectivity index (χ0v) is 20.8. The molecule has 1 aliphatic heterocycles. The van der Waals surface area contributed by atoms with Gasteiger partial charge in [0.2, 0.25) is 11.2 Å². The molecule has 35 heavy (non-hydrogen) atoms. The van der Waals surface area contributed by atoms with E-state index in [0.29, 0.717) is 57.3 Å². The number of ether oxygens (including phenoxy) is 3. The van der Waals surface area contributed by atoms with Crippen molar-refractivity contribution < 1.29 is 18.6 Å². The first-order valence-corrected chi connectivity index (χ1v) is 11.9. The van der Waals surface area contributed by atoms with E-state index in [1.54, 1.807) is 38.3 Å². The van der Waals surface area contributed by atoms with Crippen LogP contribution in [0.1, 0.15) is 16.9 Å². The Bertz CT molecular complexity index is 1470. The molecule has 0 N–H and O–H groups in total. The molecule has 8 heteroatoms. The number of para-hydroxylation sites is 2. The van der Waals surface area contributed by atoms with Gasteiger partial charge in [-0.05, 0) is 55.3 Å². The quantitative estimate of drug-likeness (QED) is 0.290. The van der Waals surface area contributed by atoms with Crippen molar-refractivity contribution >= 4 is 34.2 Å². The zero-order valence-electron chi connectivity index (χ0n) is 19.3. The number of methoxy groups -OCH3 is 1. The fourth-order valence-corrected chi connectivity index (χ4v) is 4.68. The maximum atomic E-state index is 13.4. The molecule has 0 unspecified atom stereocenters. The lowest BCUT2D eigenvalue weighted by atomic mass is 10.1. The number of benzene rings is 3. The average molecular weight is 512 g/mol. The molecule has 0 amide bonds. The molecule has 0 spiro atoms. The predicted molar refractivity (Wildman–Crippen MR) is 136 cm³/mol. The lowest BCUT2D eigenvalue weighted by molar-refractivity contribution is 0.0968. The van der Waals surface area contributed by atoms with Gasteiger partial charge < -0.3 is 18.6 Å². The Kier molecular flexibility index (Phi) is 6.60. The molecular formula is C27H23Cl2NO5. The van der Waals surface area contributed by atoms with Crippen LogP contribution in [0, 0.1) is 6.92 Å². The fraction of sp³-hybridized carbons (Fsp3) is 0.222. The number of hydrogen-bond acceptors (Lipinski definition) is 6. The summed E-state index contributed by atoms with van der Waals surface area (Å²) in [5, 5.41) is 1.69. The standard InChI is InChI=1S/C27H23Cl2NO5/c1-16-26(35-24-6-4-3-5-23(24)32-2)25(31)19-9-10-22-20(27(19)34-16)14-30(15-33-22)12-11-17-7-8-18(28)13-21(17)29/h3-10,13H,11-12,14-15H2,1-2H3. The molecule has 0 saturated heterocycles. The van der Waals surface area contributed by atoms with Gasteiger partial charge >= 0.3 is 0 Å². The van der Waals surface area contributed by atoms with Crippen LogP contribution in [0.4, 0.5) is 0 Å².